The highest BCUT2D eigenvalue weighted by Gasteiger charge is 2.44. The Balaban J connectivity index is 1.34. The molecule has 1 aliphatic heterocycles. The minimum absolute atomic E-state index is 0.0299. The van der Waals surface area contributed by atoms with Crippen LogP contribution in [0, 0.1) is 11.6 Å². The van der Waals surface area contributed by atoms with Gasteiger partial charge >= 0.3 is 6.09 Å². The van der Waals surface area contributed by atoms with Crippen LogP contribution in [0.15, 0.2) is 42.5 Å². The lowest BCUT2D eigenvalue weighted by molar-refractivity contribution is -0.00704. The maximum absolute atomic E-state index is 13.6. The van der Waals surface area contributed by atoms with Crippen molar-refractivity contribution in [1.82, 2.24) is 9.62 Å². The average Bonchev–Trinajstić information content (AvgIpc) is 3.20. The van der Waals surface area contributed by atoms with Crippen molar-refractivity contribution in [2.45, 2.75) is 75.6 Å². The average molecular weight is 567 g/mol. The van der Waals surface area contributed by atoms with Crippen molar-refractivity contribution in [1.29, 1.82) is 0 Å². The largest absolute Gasteiger partial charge is 0.497 e. The SMILES string of the molecule is COc1ccc(CCS(=O)(=O)N[C@H]2C[C@@H](C)N(C(=O)O)[C@H]2COC2CCC(c3cc(F)cc(F)c3)CC2)cc1. The number of nitrogens with one attached hydrogen (secondary N) is 1. The van der Waals surface area contributed by atoms with Gasteiger partial charge in [0.05, 0.1) is 31.6 Å². The molecule has 0 bridgehead atoms. The number of hydrogen-bond donors (Lipinski definition) is 2. The summed E-state index contributed by atoms with van der Waals surface area (Å²) in [7, 11) is -2.13. The van der Waals surface area contributed by atoms with E-state index >= 15 is 0 Å². The minimum atomic E-state index is -3.69. The molecular weight excluding hydrogens is 530 g/mol. The fourth-order valence-electron chi connectivity index (χ4n) is 5.75. The number of carbonyl (C=O) groups is 1. The molecule has 39 heavy (non-hydrogen) atoms. The first kappa shape index (κ1) is 29.2. The molecule has 8 nitrogen and oxygen atoms in total. The predicted octanol–water partition coefficient (Wildman–Crippen LogP) is 4.69. The van der Waals surface area contributed by atoms with Crippen LogP contribution < -0.4 is 9.46 Å². The number of halogens is 2. The fourth-order valence-corrected chi connectivity index (χ4v) is 7.09. The molecule has 11 heteroatoms. The highest BCUT2D eigenvalue weighted by atomic mass is 32.2. The predicted molar refractivity (Wildman–Crippen MR) is 142 cm³/mol. The molecule has 0 unspecified atom stereocenters. The van der Waals surface area contributed by atoms with Gasteiger partial charge in [-0.15, -0.1) is 0 Å². The van der Waals surface area contributed by atoms with Gasteiger partial charge in [-0.25, -0.2) is 26.7 Å². The number of benzene rings is 2. The van der Waals surface area contributed by atoms with E-state index in [0.717, 1.165) is 11.6 Å². The van der Waals surface area contributed by atoms with Gasteiger partial charge in [-0.3, -0.25) is 4.90 Å². The van der Waals surface area contributed by atoms with Crippen LogP contribution >= 0.6 is 0 Å². The number of ether oxygens (including phenoxy) is 2. The van der Waals surface area contributed by atoms with E-state index in [0.29, 0.717) is 49.8 Å². The van der Waals surface area contributed by atoms with E-state index in [-0.39, 0.29) is 30.4 Å². The number of sulfonamides is 1. The zero-order valence-corrected chi connectivity index (χ0v) is 23.0. The minimum Gasteiger partial charge on any atom is -0.497 e. The first-order valence-electron chi connectivity index (χ1n) is 13.3. The fraction of sp³-hybridized carbons (Fsp3) is 0.536. The van der Waals surface area contributed by atoms with Crippen LogP contribution in [0.2, 0.25) is 0 Å². The highest BCUT2D eigenvalue weighted by molar-refractivity contribution is 7.89. The van der Waals surface area contributed by atoms with Gasteiger partial charge in [0.1, 0.15) is 17.4 Å². The molecule has 2 N–H and O–H groups in total. The van der Waals surface area contributed by atoms with Crippen molar-refractivity contribution >= 4 is 16.1 Å². The molecule has 2 aromatic carbocycles. The maximum Gasteiger partial charge on any atom is 0.407 e. The maximum atomic E-state index is 13.6. The third-order valence-corrected chi connectivity index (χ3v) is 9.20. The molecule has 1 saturated heterocycles. The Hall–Kier alpha value is -2.76. The molecule has 2 aliphatic rings. The van der Waals surface area contributed by atoms with Gasteiger partial charge in [0.15, 0.2) is 0 Å². The summed E-state index contributed by atoms with van der Waals surface area (Å²) in [6.45, 7) is 1.82. The summed E-state index contributed by atoms with van der Waals surface area (Å²) in [4.78, 5) is 13.3. The monoisotopic (exact) mass is 566 g/mol. The van der Waals surface area contributed by atoms with Crippen LogP contribution in [0.25, 0.3) is 0 Å². The van der Waals surface area contributed by atoms with E-state index in [4.69, 9.17) is 9.47 Å². The van der Waals surface area contributed by atoms with Crippen molar-refractivity contribution in [2.75, 3.05) is 19.5 Å². The Bertz CT molecular complexity index is 1210. The molecule has 1 heterocycles. The Morgan fingerprint density at radius 2 is 1.72 bits per heavy atom. The molecule has 1 aliphatic carbocycles. The van der Waals surface area contributed by atoms with E-state index in [1.165, 1.54) is 17.0 Å². The first-order valence-corrected chi connectivity index (χ1v) is 14.9. The third-order valence-electron chi connectivity index (χ3n) is 7.80. The number of amides is 1. The topological polar surface area (TPSA) is 105 Å². The third kappa shape index (κ3) is 7.67. The number of hydrogen-bond acceptors (Lipinski definition) is 5. The standard InChI is InChI=1S/C28H36F2N2O6S/c1-18-13-26(31-39(35,36)12-11-19-3-7-24(37-2)8-4-19)27(32(18)28(33)34)17-38-25-9-5-20(6-10-25)21-14-22(29)16-23(30)15-21/h3-4,7-8,14-16,18,20,25-27,31H,5-6,9-13,17H2,1-2H3,(H,33,34)/t18-,20?,25?,26+,27+/m1/s1. The van der Waals surface area contributed by atoms with Crippen molar-refractivity contribution < 1.29 is 36.6 Å². The number of nitrogens with zero attached hydrogens (tertiary/aromatic N) is 1. The molecule has 1 amide bonds. The Morgan fingerprint density at radius 3 is 2.31 bits per heavy atom. The molecule has 1 saturated carbocycles. The first-order chi connectivity index (χ1) is 18.5. The molecule has 0 spiro atoms. The molecule has 0 radical (unpaired) electrons. The van der Waals surface area contributed by atoms with Crippen molar-refractivity contribution in [2.24, 2.45) is 0 Å². The summed E-state index contributed by atoms with van der Waals surface area (Å²) in [5.74, 6) is -0.597. The molecule has 2 fully saturated rings. The van der Waals surface area contributed by atoms with Crippen LogP contribution in [0.1, 0.15) is 56.1 Å². The number of aryl methyl sites for hydroxylation is 1. The van der Waals surface area contributed by atoms with Gasteiger partial charge in [-0.05, 0) is 86.8 Å². The summed E-state index contributed by atoms with van der Waals surface area (Å²) in [5.41, 5.74) is 1.49. The quantitative estimate of drug-likeness (QED) is 0.433. The second-order valence-electron chi connectivity index (χ2n) is 10.5. The number of rotatable bonds is 10. The Labute approximate surface area is 228 Å². The van der Waals surface area contributed by atoms with Gasteiger partial charge < -0.3 is 14.6 Å². The van der Waals surface area contributed by atoms with Crippen LogP contribution in [-0.4, -0.2) is 68.2 Å². The molecule has 214 valence electrons. The van der Waals surface area contributed by atoms with E-state index in [9.17, 15) is 27.1 Å². The second-order valence-corrected chi connectivity index (χ2v) is 12.4. The van der Waals surface area contributed by atoms with Crippen molar-refractivity contribution in [3.05, 3.63) is 65.2 Å². The van der Waals surface area contributed by atoms with Gasteiger partial charge in [-0.1, -0.05) is 12.1 Å². The van der Waals surface area contributed by atoms with Gasteiger partial charge in [-0.2, -0.15) is 0 Å². The summed E-state index contributed by atoms with van der Waals surface area (Å²) in [5, 5.41) is 9.83. The van der Waals surface area contributed by atoms with Crippen molar-refractivity contribution in [3.8, 4) is 5.75 Å². The summed E-state index contributed by atoms with van der Waals surface area (Å²) < 4.78 is 67.1. The van der Waals surface area contributed by atoms with Gasteiger partial charge in [0.2, 0.25) is 10.0 Å². The Kier molecular flexibility index (Phi) is 9.45. The summed E-state index contributed by atoms with van der Waals surface area (Å²) >= 11 is 0. The van der Waals surface area contributed by atoms with E-state index in [1.54, 1.807) is 26.2 Å². The Morgan fingerprint density at radius 1 is 1.08 bits per heavy atom. The van der Waals surface area contributed by atoms with E-state index in [1.807, 2.05) is 12.1 Å². The zero-order valence-electron chi connectivity index (χ0n) is 22.2. The van der Waals surface area contributed by atoms with Crippen LogP contribution in [-0.2, 0) is 21.2 Å². The highest BCUT2D eigenvalue weighted by Crippen LogP contribution is 2.35. The lowest BCUT2D eigenvalue weighted by Crippen LogP contribution is -2.50. The van der Waals surface area contributed by atoms with Crippen LogP contribution in [0.3, 0.4) is 0 Å². The number of methoxy groups -OCH3 is 1. The second kappa shape index (κ2) is 12.6. The number of carboxylic acid groups (broad SMARTS) is 1. The lowest BCUT2D eigenvalue weighted by Gasteiger charge is -2.32. The van der Waals surface area contributed by atoms with E-state index < -0.39 is 39.8 Å². The lowest BCUT2D eigenvalue weighted by atomic mass is 9.82. The molecule has 0 aromatic heterocycles. The smallest absolute Gasteiger partial charge is 0.407 e. The van der Waals surface area contributed by atoms with E-state index in [2.05, 4.69) is 4.72 Å². The molecular formula is C28H36F2N2O6S. The molecule has 3 atom stereocenters. The summed E-state index contributed by atoms with van der Waals surface area (Å²) in [6, 6.07) is 9.12. The molecule has 2 aromatic rings. The van der Waals surface area contributed by atoms with Crippen LogP contribution in [0.5, 0.6) is 5.75 Å². The summed E-state index contributed by atoms with van der Waals surface area (Å²) in [6.07, 6.45) is 2.11. The van der Waals surface area contributed by atoms with Gasteiger partial charge in [0.25, 0.3) is 0 Å². The normalized spacial score (nSPS) is 25.5. The van der Waals surface area contributed by atoms with Crippen molar-refractivity contribution in [3.63, 3.8) is 0 Å². The van der Waals surface area contributed by atoms with Crippen LogP contribution in [0.4, 0.5) is 13.6 Å². The molecule has 4 rings (SSSR count). The zero-order chi connectivity index (χ0) is 28.2. The number of likely N-dealkylation sites (tertiary alicyclic amines) is 1. The van der Waals surface area contributed by atoms with Gasteiger partial charge in [0, 0.05) is 18.2 Å².